The molecular formula is C40H32N6. The van der Waals surface area contributed by atoms with Crippen LogP contribution in [0.15, 0.2) is 146 Å². The van der Waals surface area contributed by atoms with E-state index in [0.717, 1.165) is 28.6 Å². The Kier molecular flexibility index (Phi) is 5.82. The van der Waals surface area contributed by atoms with Crippen LogP contribution in [0.25, 0.3) is 11.1 Å². The molecule has 1 atom stereocenters. The van der Waals surface area contributed by atoms with E-state index >= 15 is 0 Å². The molecule has 0 fully saturated rings. The van der Waals surface area contributed by atoms with Gasteiger partial charge in [-0.25, -0.2) is 9.99 Å². The molecule has 0 radical (unpaired) electrons. The van der Waals surface area contributed by atoms with Gasteiger partial charge in [-0.15, -0.1) is 6.54 Å². The third-order valence-corrected chi connectivity index (χ3v) is 9.63. The van der Waals surface area contributed by atoms with Gasteiger partial charge in [0.25, 0.3) is 0 Å². The van der Waals surface area contributed by atoms with Crippen LogP contribution in [0.5, 0.6) is 0 Å². The van der Waals surface area contributed by atoms with Crippen LogP contribution in [0.2, 0.25) is 0 Å². The smallest absolute Gasteiger partial charge is 0.235 e. The maximum absolute atomic E-state index is 5.02. The molecule has 0 saturated carbocycles. The zero-order valence-corrected chi connectivity index (χ0v) is 25.5. The van der Waals surface area contributed by atoms with Gasteiger partial charge >= 0.3 is 0 Å². The van der Waals surface area contributed by atoms with E-state index in [9.17, 15) is 0 Å². The van der Waals surface area contributed by atoms with Gasteiger partial charge in [-0.3, -0.25) is 4.98 Å². The first-order valence-corrected chi connectivity index (χ1v) is 15.6. The SMILES string of the molecule is C[N+]1(N2CN(c3cccc(C4(c5ccccn5)c5ccccc5-c5ccccc54)c3)c3ncccc32)[CH-]C=[N+](c2ccccc2)[CH-]1. The van der Waals surface area contributed by atoms with Gasteiger partial charge in [0.2, 0.25) is 6.67 Å². The lowest BCUT2D eigenvalue weighted by molar-refractivity contribution is -0.892. The first-order chi connectivity index (χ1) is 22.7. The standard InChI is InChI=1S/C40H32N6/c1-46(26-25-43(29-46)31-14-3-2-4-15-31)45-28-44(39-37(45)21-12-24-42-39)32-16-11-13-30(27-32)40(38-22-9-10-23-41-38)35-19-7-5-17-33(35)34-18-6-8-20-36(34)40/h2-27,29H,28H2,1H3. The van der Waals surface area contributed by atoms with Crippen molar-refractivity contribution in [1.82, 2.24) is 9.97 Å². The number of benzene rings is 4. The van der Waals surface area contributed by atoms with Crippen molar-refractivity contribution in [3.05, 3.63) is 181 Å². The highest BCUT2D eigenvalue weighted by atomic mass is 15.8. The fourth-order valence-corrected chi connectivity index (χ4v) is 7.54. The Hall–Kier alpha value is -5.85. The average molecular weight is 597 g/mol. The predicted octanol–water partition coefficient (Wildman–Crippen LogP) is 7.83. The van der Waals surface area contributed by atoms with E-state index in [4.69, 9.17) is 9.97 Å². The largest absolute Gasteiger partial charge is 0.306 e. The minimum atomic E-state index is -0.559. The second-order valence-corrected chi connectivity index (χ2v) is 12.2. The Morgan fingerprint density at radius 1 is 0.717 bits per heavy atom. The Morgan fingerprint density at radius 3 is 2.20 bits per heavy atom. The number of hydrogen-bond donors (Lipinski definition) is 0. The zero-order chi connectivity index (χ0) is 30.7. The first kappa shape index (κ1) is 26.5. The third kappa shape index (κ3) is 3.77. The Morgan fingerprint density at radius 2 is 1.43 bits per heavy atom. The molecule has 3 aliphatic rings. The van der Waals surface area contributed by atoms with Crippen molar-refractivity contribution in [2.45, 2.75) is 5.41 Å². The second kappa shape index (κ2) is 10.1. The van der Waals surface area contributed by atoms with E-state index in [2.05, 4.69) is 156 Å². The number of hydrogen-bond acceptors (Lipinski definition) is 4. The van der Waals surface area contributed by atoms with E-state index in [-0.39, 0.29) is 0 Å². The number of fused-ring (bicyclic) bond motifs is 4. The van der Waals surface area contributed by atoms with Crippen LogP contribution >= 0.6 is 0 Å². The molecule has 0 spiro atoms. The third-order valence-electron chi connectivity index (χ3n) is 9.63. The molecule has 4 aromatic carbocycles. The normalized spacial score (nSPS) is 18.7. The van der Waals surface area contributed by atoms with Gasteiger partial charge in [-0.05, 0) is 82.6 Å². The molecule has 1 unspecified atom stereocenters. The van der Waals surface area contributed by atoms with Gasteiger partial charge in [0.05, 0.1) is 18.2 Å². The molecule has 2 aliphatic heterocycles. The summed E-state index contributed by atoms with van der Waals surface area (Å²) in [6.07, 6.45) is 5.93. The zero-order valence-electron chi connectivity index (χ0n) is 25.5. The molecule has 1 aliphatic carbocycles. The van der Waals surface area contributed by atoms with Gasteiger partial charge < -0.3 is 14.1 Å². The van der Waals surface area contributed by atoms with Gasteiger partial charge in [-0.1, -0.05) is 84.9 Å². The minimum Gasteiger partial charge on any atom is -0.306 e. The lowest BCUT2D eigenvalue weighted by Gasteiger charge is -2.44. The number of para-hydroxylation sites is 1. The topological polar surface area (TPSA) is 35.3 Å². The van der Waals surface area contributed by atoms with Crippen molar-refractivity contribution < 1.29 is 9.17 Å². The summed E-state index contributed by atoms with van der Waals surface area (Å²) in [6.45, 7) is 5.08. The van der Waals surface area contributed by atoms with E-state index < -0.39 is 5.41 Å². The minimum absolute atomic E-state index is 0.488. The number of nitrogens with zero attached hydrogens (tertiary/aromatic N) is 6. The number of quaternary nitrogens is 1. The van der Waals surface area contributed by atoms with E-state index in [1.807, 2.05) is 30.6 Å². The highest BCUT2D eigenvalue weighted by Gasteiger charge is 2.47. The van der Waals surface area contributed by atoms with Gasteiger partial charge in [-0.2, -0.15) is 0 Å². The monoisotopic (exact) mass is 596 g/mol. The van der Waals surface area contributed by atoms with Gasteiger partial charge in [0.15, 0.2) is 5.82 Å². The van der Waals surface area contributed by atoms with E-state index in [1.54, 1.807) is 0 Å². The van der Waals surface area contributed by atoms with E-state index in [0.29, 0.717) is 11.3 Å². The van der Waals surface area contributed by atoms with E-state index in [1.165, 1.54) is 27.8 Å². The molecule has 6 nitrogen and oxygen atoms in total. The number of anilines is 3. The second-order valence-electron chi connectivity index (χ2n) is 12.2. The molecule has 2 aromatic heterocycles. The van der Waals surface area contributed by atoms with Crippen molar-refractivity contribution in [2.24, 2.45) is 0 Å². The number of pyridine rings is 2. The van der Waals surface area contributed by atoms with Crippen LogP contribution in [0.4, 0.5) is 22.9 Å². The summed E-state index contributed by atoms with van der Waals surface area (Å²) >= 11 is 0. The molecule has 6 aromatic rings. The molecule has 6 heteroatoms. The van der Waals surface area contributed by atoms with Crippen molar-refractivity contribution in [3.8, 4) is 11.1 Å². The summed E-state index contributed by atoms with van der Waals surface area (Å²) in [5.41, 5.74) is 9.96. The lowest BCUT2D eigenvalue weighted by Crippen LogP contribution is -2.53. The van der Waals surface area contributed by atoms with Gasteiger partial charge in [0, 0.05) is 18.1 Å². The van der Waals surface area contributed by atoms with Crippen molar-refractivity contribution in [1.29, 1.82) is 0 Å². The van der Waals surface area contributed by atoms with Crippen molar-refractivity contribution in [2.75, 3.05) is 23.6 Å². The maximum Gasteiger partial charge on any atom is 0.235 e. The van der Waals surface area contributed by atoms with Crippen molar-refractivity contribution >= 4 is 29.1 Å². The summed E-state index contributed by atoms with van der Waals surface area (Å²) in [5, 5.41) is 2.38. The van der Waals surface area contributed by atoms with Crippen LogP contribution in [0, 0.1) is 13.2 Å². The molecule has 4 heterocycles. The van der Waals surface area contributed by atoms with Crippen LogP contribution in [-0.2, 0) is 5.41 Å². The first-order valence-electron chi connectivity index (χ1n) is 15.6. The van der Waals surface area contributed by atoms with Crippen LogP contribution < -0.4 is 9.91 Å². The summed E-state index contributed by atoms with van der Waals surface area (Å²) in [6, 6.07) is 47.5. The Labute approximate surface area is 269 Å². The molecule has 46 heavy (non-hydrogen) atoms. The summed E-state index contributed by atoms with van der Waals surface area (Å²) in [4.78, 5) is 12.3. The molecule has 0 bridgehead atoms. The van der Waals surface area contributed by atoms with Crippen molar-refractivity contribution in [3.63, 3.8) is 0 Å². The van der Waals surface area contributed by atoms with Gasteiger partial charge in [0.1, 0.15) is 18.0 Å². The highest BCUT2D eigenvalue weighted by molar-refractivity contribution is 5.86. The number of rotatable bonds is 5. The van der Waals surface area contributed by atoms with Crippen LogP contribution in [0.3, 0.4) is 0 Å². The average Bonchev–Trinajstić information content (AvgIpc) is 3.81. The Bertz CT molecular complexity index is 2080. The maximum atomic E-state index is 5.02. The summed E-state index contributed by atoms with van der Waals surface area (Å²) in [7, 11) is 2.21. The molecule has 0 amide bonds. The number of aromatic nitrogens is 2. The molecule has 0 N–H and O–H groups in total. The van der Waals surface area contributed by atoms with Crippen LogP contribution in [-0.4, -0.2) is 39.1 Å². The fourth-order valence-electron chi connectivity index (χ4n) is 7.54. The summed E-state index contributed by atoms with van der Waals surface area (Å²) < 4.78 is 2.67. The predicted molar refractivity (Wildman–Crippen MR) is 182 cm³/mol. The summed E-state index contributed by atoms with van der Waals surface area (Å²) in [5.74, 6) is 0.943. The Balaban J connectivity index is 1.16. The quantitative estimate of drug-likeness (QED) is 0.115. The highest BCUT2D eigenvalue weighted by Crippen LogP contribution is 2.56. The van der Waals surface area contributed by atoms with Crippen LogP contribution in [0.1, 0.15) is 22.4 Å². The molecule has 222 valence electrons. The lowest BCUT2D eigenvalue weighted by atomic mass is 9.69. The fraction of sp³-hybridized carbons (Fsp3) is 0.0750. The molecule has 0 saturated heterocycles. The molecule has 9 rings (SSSR count). The molecular weight excluding hydrogens is 564 g/mol.